The number of carbonyl (C=O) groups excluding carboxylic acids is 1. The number of hydrogen-bond donors (Lipinski definition) is 3. The van der Waals surface area contributed by atoms with Crippen molar-refractivity contribution in [1.82, 2.24) is 9.55 Å². The van der Waals surface area contributed by atoms with Gasteiger partial charge in [0.2, 0.25) is 0 Å². The number of aromatic nitrogens is 2. The zero-order valence-corrected chi connectivity index (χ0v) is 19.1. The summed E-state index contributed by atoms with van der Waals surface area (Å²) in [6.07, 6.45) is 2.44. The first-order valence-electron chi connectivity index (χ1n) is 10.3. The molecule has 2 aromatic heterocycles. The number of esters is 1. The van der Waals surface area contributed by atoms with E-state index in [4.69, 9.17) is 9.72 Å². The van der Waals surface area contributed by atoms with Gasteiger partial charge in [-0.15, -0.1) is 6.58 Å². The second kappa shape index (κ2) is 9.58. The van der Waals surface area contributed by atoms with Gasteiger partial charge in [0.15, 0.2) is 6.10 Å². The summed E-state index contributed by atoms with van der Waals surface area (Å²) in [5, 5.41) is 21.2. The molecule has 0 saturated carbocycles. The van der Waals surface area contributed by atoms with Gasteiger partial charge >= 0.3 is 5.97 Å². The molecule has 1 unspecified atom stereocenters. The number of aromatic hydroxyl groups is 1. The first kappa shape index (κ1) is 23.6. The van der Waals surface area contributed by atoms with Crippen molar-refractivity contribution < 1.29 is 19.7 Å². The van der Waals surface area contributed by atoms with Crippen LogP contribution >= 0.6 is 12.6 Å². The number of pyridine rings is 2. The van der Waals surface area contributed by atoms with E-state index in [1.807, 2.05) is 19.9 Å². The van der Waals surface area contributed by atoms with E-state index in [9.17, 15) is 19.8 Å². The smallest absolute Gasteiger partial charge is 0.340 e. The maximum Gasteiger partial charge on any atom is 0.340 e. The number of phenolic OH excluding ortho intramolecular Hbond substituents is 1. The van der Waals surface area contributed by atoms with Crippen molar-refractivity contribution in [2.75, 3.05) is 6.26 Å². The number of allylic oxidation sites excluding steroid dienone is 1. The number of thiol groups is 1. The molecule has 0 fully saturated rings. The number of cyclic esters (lactones) is 1. The van der Waals surface area contributed by atoms with Gasteiger partial charge in [-0.25, -0.2) is 9.78 Å². The van der Waals surface area contributed by atoms with Gasteiger partial charge in [0.1, 0.15) is 12.4 Å². The number of aliphatic hydroxyl groups excluding tert-OH is 1. The Kier molecular flexibility index (Phi) is 7.06. The molecule has 5 rings (SSSR count). The third-order valence-corrected chi connectivity index (χ3v) is 5.40. The van der Waals surface area contributed by atoms with Gasteiger partial charge in [0, 0.05) is 22.1 Å². The van der Waals surface area contributed by atoms with Gasteiger partial charge in [0.25, 0.3) is 5.56 Å². The van der Waals surface area contributed by atoms with E-state index < -0.39 is 12.1 Å². The molecule has 4 heterocycles. The Hall–Kier alpha value is -3.10. The lowest BCUT2D eigenvalue weighted by molar-refractivity contribution is -0.157. The normalized spacial score (nSPS) is 15.3. The fourth-order valence-corrected chi connectivity index (χ4v) is 4.01. The Bertz CT molecular complexity index is 1270. The van der Waals surface area contributed by atoms with Gasteiger partial charge in [-0.05, 0) is 36.9 Å². The molecule has 0 aliphatic carbocycles. The number of fused-ring (bicyclic) bond motifs is 5. The predicted molar refractivity (Wildman–Crippen MR) is 127 cm³/mol. The first-order valence-corrected chi connectivity index (χ1v) is 11.2. The van der Waals surface area contributed by atoms with E-state index in [1.165, 1.54) is 0 Å². The van der Waals surface area contributed by atoms with Crippen molar-refractivity contribution in [2.24, 2.45) is 0 Å². The van der Waals surface area contributed by atoms with Crippen molar-refractivity contribution in [3.05, 3.63) is 69.5 Å². The van der Waals surface area contributed by atoms with Crippen LogP contribution in [0.25, 0.3) is 22.3 Å². The number of carbonyl (C=O) groups is 1. The summed E-state index contributed by atoms with van der Waals surface area (Å²) in [7, 11) is 0. The number of rotatable bonds is 2. The van der Waals surface area contributed by atoms with Crippen LogP contribution in [0.5, 0.6) is 5.75 Å². The summed E-state index contributed by atoms with van der Waals surface area (Å²) >= 11 is 3.53. The van der Waals surface area contributed by atoms with E-state index in [2.05, 4.69) is 19.2 Å². The molecule has 0 saturated heterocycles. The minimum atomic E-state index is -1.47. The van der Waals surface area contributed by atoms with Crippen molar-refractivity contribution in [1.29, 1.82) is 0 Å². The van der Waals surface area contributed by atoms with E-state index in [0.717, 1.165) is 16.5 Å². The standard InChI is InChI=1S/C21H16N2O5.C2H6.CH4S/c1-2-3-11-12-6-10-8-23-16(18(10)22-15(12)4-5-17(11)24)7-13-14(20(23)26)9-28-21(27)19(13)25;2*1-2/h2,4-7,19,24-25H,1,3,8-9H2;1-2H3;2H,1H3. The quantitative estimate of drug-likeness (QED) is 0.243. The number of phenols is 1. The van der Waals surface area contributed by atoms with Gasteiger partial charge in [0.05, 0.1) is 29.0 Å². The van der Waals surface area contributed by atoms with E-state index >= 15 is 0 Å². The third kappa shape index (κ3) is 3.69. The van der Waals surface area contributed by atoms with Crippen molar-refractivity contribution >= 4 is 29.5 Å². The number of nitrogens with zero attached hydrogens (tertiary/aromatic N) is 2. The van der Waals surface area contributed by atoms with Crippen LogP contribution in [0.4, 0.5) is 0 Å². The van der Waals surface area contributed by atoms with Crippen LogP contribution in [0.3, 0.4) is 0 Å². The Balaban J connectivity index is 0.000000686. The van der Waals surface area contributed by atoms with Crippen LogP contribution in [0.2, 0.25) is 0 Å². The van der Waals surface area contributed by atoms with Gasteiger partial charge in [-0.1, -0.05) is 19.9 Å². The topological polar surface area (TPSA) is 102 Å². The van der Waals surface area contributed by atoms with Gasteiger partial charge < -0.3 is 19.5 Å². The largest absolute Gasteiger partial charge is 0.508 e. The summed E-state index contributed by atoms with van der Waals surface area (Å²) in [4.78, 5) is 29.3. The van der Waals surface area contributed by atoms with Crippen molar-refractivity contribution in [3.63, 3.8) is 0 Å². The zero-order chi connectivity index (χ0) is 23.6. The fourth-order valence-electron chi connectivity index (χ4n) is 4.01. The summed E-state index contributed by atoms with van der Waals surface area (Å²) in [5.74, 6) is -0.581. The second-order valence-corrected chi connectivity index (χ2v) is 6.98. The summed E-state index contributed by atoms with van der Waals surface area (Å²) in [6.45, 7) is 7.92. The Labute approximate surface area is 191 Å². The summed E-state index contributed by atoms with van der Waals surface area (Å²) in [5.41, 5.74) is 3.73. The van der Waals surface area contributed by atoms with Crippen molar-refractivity contribution in [2.45, 2.75) is 39.5 Å². The third-order valence-electron chi connectivity index (χ3n) is 5.40. The molecule has 7 nitrogen and oxygen atoms in total. The molecular weight excluding hydrogens is 428 g/mol. The molecule has 0 radical (unpaired) electrons. The molecular formula is C24H26N2O5S. The predicted octanol–water partition coefficient (Wildman–Crippen LogP) is 3.52. The minimum Gasteiger partial charge on any atom is -0.508 e. The molecule has 2 aliphatic rings. The first-order chi connectivity index (χ1) is 15.5. The Morgan fingerprint density at radius 3 is 2.69 bits per heavy atom. The molecule has 168 valence electrons. The number of benzene rings is 1. The lowest BCUT2D eigenvalue weighted by Crippen LogP contribution is -2.32. The van der Waals surface area contributed by atoms with E-state index in [0.29, 0.717) is 35.4 Å². The highest BCUT2D eigenvalue weighted by Crippen LogP contribution is 2.37. The van der Waals surface area contributed by atoms with Crippen LogP contribution in [0, 0.1) is 0 Å². The number of ether oxygens (including phenoxy) is 1. The molecule has 8 heteroatoms. The lowest BCUT2D eigenvalue weighted by Gasteiger charge is -2.21. The highest BCUT2D eigenvalue weighted by Gasteiger charge is 2.33. The van der Waals surface area contributed by atoms with Crippen LogP contribution in [0.1, 0.15) is 42.2 Å². The number of hydrogen-bond acceptors (Lipinski definition) is 7. The van der Waals surface area contributed by atoms with Crippen LogP contribution in [-0.2, 0) is 29.1 Å². The van der Waals surface area contributed by atoms with E-state index in [1.54, 1.807) is 35.1 Å². The SMILES string of the molecule is C=CCc1c(O)ccc2nc3c(cc12)Cn1c-3cc2c(c1=O)COC(=O)C2O.CC.CS. The van der Waals surface area contributed by atoms with Crippen molar-refractivity contribution in [3.8, 4) is 17.1 Å². The molecule has 0 bridgehead atoms. The fraction of sp³-hybridized carbons (Fsp3) is 0.292. The molecule has 3 aromatic rings. The van der Waals surface area contributed by atoms with Crippen LogP contribution in [-0.4, -0.2) is 32.0 Å². The minimum absolute atomic E-state index is 0.145. The maximum absolute atomic E-state index is 12.9. The average molecular weight is 455 g/mol. The Morgan fingerprint density at radius 2 is 2.00 bits per heavy atom. The molecule has 32 heavy (non-hydrogen) atoms. The van der Waals surface area contributed by atoms with Gasteiger partial charge in [-0.2, -0.15) is 12.6 Å². The molecule has 0 amide bonds. The van der Waals surface area contributed by atoms with E-state index in [-0.39, 0.29) is 23.5 Å². The lowest BCUT2D eigenvalue weighted by atomic mass is 9.99. The van der Waals surface area contributed by atoms with Gasteiger partial charge in [-0.3, -0.25) is 4.79 Å². The Morgan fingerprint density at radius 1 is 1.28 bits per heavy atom. The van der Waals surface area contributed by atoms with Crippen LogP contribution < -0.4 is 5.56 Å². The summed E-state index contributed by atoms with van der Waals surface area (Å²) in [6, 6.07) is 6.90. The highest BCUT2D eigenvalue weighted by atomic mass is 32.1. The zero-order valence-electron chi connectivity index (χ0n) is 18.3. The summed E-state index contributed by atoms with van der Waals surface area (Å²) < 4.78 is 6.48. The average Bonchev–Trinajstić information content (AvgIpc) is 3.18. The number of aliphatic hydroxyl groups is 1. The molecule has 2 aliphatic heterocycles. The second-order valence-electron chi connectivity index (χ2n) is 6.98. The van der Waals surface area contributed by atoms with Crippen LogP contribution in [0.15, 0.2) is 41.7 Å². The molecule has 1 aromatic carbocycles. The highest BCUT2D eigenvalue weighted by molar-refractivity contribution is 7.79. The molecule has 2 N–H and O–H groups in total. The molecule has 1 atom stereocenters. The maximum atomic E-state index is 12.9. The molecule has 0 spiro atoms. The monoisotopic (exact) mass is 454 g/mol.